The minimum atomic E-state index is -1.18. The van der Waals surface area contributed by atoms with Crippen LogP contribution in [0.5, 0.6) is 0 Å². The molecule has 1 aromatic heterocycles. The van der Waals surface area contributed by atoms with Crippen molar-refractivity contribution in [3.8, 4) is 0 Å². The predicted octanol–water partition coefficient (Wildman–Crippen LogP) is 1.34. The van der Waals surface area contributed by atoms with Gasteiger partial charge in [-0.1, -0.05) is 31.2 Å². The first kappa shape index (κ1) is 73.4. The Morgan fingerprint density at radius 3 is 1.48 bits per heavy atom. The molecule has 0 unspecified atom stereocenters. The number of imide groups is 1. The Balaban J connectivity index is 1.27. The number of carbonyl (C=O) groups is 7. The fraction of sp³-hybridized carbons (Fsp3) is 0.702. The van der Waals surface area contributed by atoms with Gasteiger partial charge >= 0.3 is 5.97 Å². The van der Waals surface area contributed by atoms with Gasteiger partial charge in [0.25, 0.3) is 11.8 Å². The van der Waals surface area contributed by atoms with Crippen molar-refractivity contribution in [1.29, 1.82) is 0 Å². The fourth-order valence-electron chi connectivity index (χ4n) is 7.44. The number of nitrogens with one attached hydrogen (secondary N) is 4. The summed E-state index contributed by atoms with van der Waals surface area (Å²) in [6, 6.07) is 3.25. The van der Waals surface area contributed by atoms with Crippen LogP contribution in [-0.4, -0.2) is 240 Å². The molecule has 4 N–H and O–H groups in total. The van der Waals surface area contributed by atoms with Crippen LogP contribution in [0, 0.1) is 11.3 Å². The highest BCUT2D eigenvalue weighted by atomic mass is 16.6. The Morgan fingerprint density at radius 2 is 1.06 bits per heavy atom. The summed E-state index contributed by atoms with van der Waals surface area (Å²) >= 11 is 0. The maximum Gasteiger partial charge on any atom is 0.311 e. The highest BCUT2D eigenvalue weighted by Gasteiger charge is 2.37. The van der Waals surface area contributed by atoms with Crippen molar-refractivity contribution in [3.63, 3.8) is 0 Å². The van der Waals surface area contributed by atoms with E-state index in [-0.39, 0.29) is 51.0 Å². The smallest absolute Gasteiger partial charge is 0.311 e. The van der Waals surface area contributed by atoms with E-state index in [9.17, 15) is 33.6 Å². The highest BCUT2D eigenvalue weighted by molar-refractivity contribution is 6.13. The van der Waals surface area contributed by atoms with Crippen LogP contribution in [0.25, 0.3) is 0 Å². The number of benzene rings is 1. The Hall–Kier alpha value is -5.89. The zero-order valence-corrected chi connectivity index (χ0v) is 50.4. The molecule has 0 radical (unpaired) electrons. The molecule has 1 aromatic carbocycles. The van der Waals surface area contributed by atoms with Crippen LogP contribution in [0.3, 0.4) is 0 Å². The van der Waals surface area contributed by atoms with Crippen molar-refractivity contribution in [3.05, 3.63) is 53.9 Å². The van der Waals surface area contributed by atoms with E-state index in [2.05, 4.69) is 31.6 Å². The van der Waals surface area contributed by atoms with Gasteiger partial charge in [-0.2, -0.15) is 0 Å². The molecule has 2 heterocycles. The molecule has 85 heavy (non-hydrogen) atoms. The van der Waals surface area contributed by atoms with Gasteiger partial charge < -0.3 is 82.8 Å². The summed E-state index contributed by atoms with van der Waals surface area (Å²) in [7, 11) is 1.63. The minimum Gasteiger partial charge on any atom is -0.460 e. The van der Waals surface area contributed by atoms with E-state index >= 15 is 0 Å². The standard InChI is InChI=1S/C57H92N8O20/c1-44(2)53(55(71)60-47(8-7-15-58-43-66)54(70)59-46-11-9-45(10-12-46)42-85-56(72)57(3,4)5)61-50(67)40-49(65-51(68)13-14-52(65)69)48-41-64(63-62-48)16-17-74-20-21-76-24-25-78-28-29-80-32-33-82-36-37-84-39-38-83-35-34-81-31-30-79-27-26-77-23-22-75-19-18-73-6/h9-14,41,43-44,47,49,53H,7-8,15-40,42H2,1-6H3,(H,58,66)(H,59,70)(H,60,71)(H,61,67)/t47-,49-,53-/m0/s1. The number of rotatable bonds is 53. The molecule has 0 saturated carbocycles. The molecule has 3 atom stereocenters. The van der Waals surface area contributed by atoms with E-state index < -0.39 is 65.4 Å². The van der Waals surface area contributed by atoms with Crippen LogP contribution < -0.4 is 21.3 Å². The SMILES string of the molecule is COCCOCCOCCOCCOCCOCCOCCOCCOCCOCCOCCOCCn1cc([C@H](CC(=O)N[C@H](C(=O)N[C@@H](CCCNC=O)C(=O)Nc2ccc(COC(=O)C(C)(C)C)cc2)C(C)C)N2C(=O)C=CC2=O)nn1. The van der Waals surface area contributed by atoms with Gasteiger partial charge in [-0.25, -0.2) is 4.68 Å². The lowest BCUT2D eigenvalue weighted by Crippen LogP contribution is -2.55. The molecule has 0 saturated heterocycles. The van der Waals surface area contributed by atoms with Crippen molar-refractivity contribution < 1.29 is 95.1 Å². The Kier molecular flexibility index (Phi) is 39.2. The molecule has 480 valence electrons. The Labute approximate surface area is 498 Å². The van der Waals surface area contributed by atoms with Crippen LogP contribution in [0.2, 0.25) is 0 Å². The van der Waals surface area contributed by atoms with E-state index in [1.54, 1.807) is 66.0 Å². The average Bonchev–Trinajstić information content (AvgIpc) is 4.00. The van der Waals surface area contributed by atoms with Gasteiger partial charge in [0.15, 0.2) is 0 Å². The number of hydrogen-bond acceptors (Lipinski definition) is 22. The quantitative estimate of drug-likeness (QED) is 0.0314. The molecule has 0 fully saturated rings. The van der Waals surface area contributed by atoms with E-state index in [0.29, 0.717) is 163 Å². The molecule has 3 rings (SSSR count). The van der Waals surface area contributed by atoms with Crippen molar-refractivity contribution in [2.45, 2.75) is 85.2 Å². The first-order chi connectivity index (χ1) is 41.1. The Bertz CT molecular complexity index is 2200. The molecule has 1 aliphatic heterocycles. The van der Waals surface area contributed by atoms with Gasteiger partial charge in [-0.05, 0) is 57.2 Å². The summed E-state index contributed by atoms with van der Waals surface area (Å²) in [4.78, 5) is 91.2. The second-order valence-electron chi connectivity index (χ2n) is 20.3. The van der Waals surface area contributed by atoms with Gasteiger partial charge in [0, 0.05) is 31.5 Å². The van der Waals surface area contributed by atoms with Crippen molar-refractivity contribution in [2.24, 2.45) is 11.3 Å². The number of ether oxygens (including phenoxy) is 13. The van der Waals surface area contributed by atoms with E-state index in [1.165, 1.54) is 10.9 Å². The topological polar surface area (TPSA) is 322 Å². The number of amides is 6. The van der Waals surface area contributed by atoms with Crippen LogP contribution in [0.1, 0.15) is 71.2 Å². The third-order valence-corrected chi connectivity index (χ3v) is 12.0. The molecule has 28 heteroatoms. The van der Waals surface area contributed by atoms with Gasteiger partial charge in [0.2, 0.25) is 24.1 Å². The summed E-state index contributed by atoms with van der Waals surface area (Å²) < 4.78 is 72.3. The normalized spacial score (nSPS) is 13.5. The fourth-order valence-corrected chi connectivity index (χ4v) is 7.44. The van der Waals surface area contributed by atoms with Crippen molar-refractivity contribution >= 4 is 47.6 Å². The maximum atomic E-state index is 13.9. The van der Waals surface area contributed by atoms with Crippen LogP contribution in [0.15, 0.2) is 42.6 Å². The third-order valence-electron chi connectivity index (χ3n) is 12.0. The van der Waals surface area contributed by atoms with E-state index in [1.807, 2.05) is 0 Å². The molecule has 0 bridgehead atoms. The summed E-state index contributed by atoms with van der Waals surface area (Å²) in [5.74, 6) is -4.03. The number of anilines is 1. The molecule has 0 spiro atoms. The Morgan fingerprint density at radius 1 is 0.612 bits per heavy atom. The van der Waals surface area contributed by atoms with Crippen molar-refractivity contribution in [2.75, 3.05) is 171 Å². The summed E-state index contributed by atoms with van der Waals surface area (Å²) in [5.41, 5.74) is 0.601. The lowest BCUT2D eigenvalue weighted by atomic mass is 9.97. The highest BCUT2D eigenvalue weighted by Crippen LogP contribution is 2.26. The molecule has 2 aromatic rings. The largest absolute Gasteiger partial charge is 0.460 e. The summed E-state index contributed by atoms with van der Waals surface area (Å²) in [6.45, 7) is 19.3. The van der Waals surface area contributed by atoms with E-state index in [0.717, 1.165) is 17.1 Å². The lowest BCUT2D eigenvalue weighted by Gasteiger charge is -2.27. The first-order valence-corrected chi connectivity index (χ1v) is 28.8. The monoisotopic (exact) mass is 1210 g/mol. The molecule has 6 amide bonds. The zero-order valence-electron chi connectivity index (χ0n) is 50.4. The number of aromatic nitrogens is 3. The second-order valence-corrected chi connectivity index (χ2v) is 20.3. The minimum absolute atomic E-state index is 0.0447. The number of esters is 1. The first-order valence-electron chi connectivity index (χ1n) is 28.8. The van der Waals surface area contributed by atoms with E-state index in [4.69, 9.17) is 61.6 Å². The summed E-state index contributed by atoms with van der Waals surface area (Å²) in [6.07, 6.45) is 4.23. The van der Waals surface area contributed by atoms with Crippen LogP contribution in [-0.2, 0) is 108 Å². The average molecular weight is 1210 g/mol. The summed E-state index contributed by atoms with van der Waals surface area (Å²) in [5, 5.41) is 19.1. The lowest BCUT2D eigenvalue weighted by molar-refractivity contribution is -0.154. The van der Waals surface area contributed by atoms with Gasteiger partial charge in [0.05, 0.1) is 183 Å². The second kappa shape index (κ2) is 45.4. The molecule has 1 aliphatic rings. The zero-order chi connectivity index (χ0) is 61.8. The molecule has 0 aliphatic carbocycles. The number of methoxy groups -OCH3 is 1. The third kappa shape index (κ3) is 33.6. The number of carbonyl (C=O) groups excluding carboxylic acids is 7. The maximum absolute atomic E-state index is 13.9. The molecular formula is C57H92N8O20. The van der Waals surface area contributed by atoms with Gasteiger partial charge in [-0.3, -0.25) is 38.5 Å². The van der Waals surface area contributed by atoms with Crippen LogP contribution in [0.4, 0.5) is 5.69 Å². The van der Waals surface area contributed by atoms with Gasteiger partial charge in [0.1, 0.15) is 24.4 Å². The van der Waals surface area contributed by atoms with Gasteiger partial charge in [-0.15, -0.1) is 5.10 Å². The van der Waals surface area contributed by atoms with Crippen LogP contribution >= 0.6 is 0 Å². The number of hydrogen-bond donors (Lipinski definition) is 4. The predicted molar refractivity (Wildman–Crippen MR) is 306 cm³/mol. The molecular weight excluding hydrogens is 1120 g/mol. The molecule has 28 nitrogen and oxygen atoms in total. The van der Waals surface area contributed by atoms with Crippen molar-refractivity contribution in [1.82, 2.24) is 35.8 Å². The number of nitrogens with zero attached hydrogens (tertiary/aromatic N) is 4.